The first-order valence-electron chi connectivity index (χ1n) is 8.95. The average molecular weight is 459 g/mol. The van der Waals surface area contributed by atoms with E-state index in [9.17, 15) is 21.6 Å². The van der Waals surface area contributed by atoms with E-state index in [-0.39, 0.29) is 17.4 Å². The lowest BCUT2D eigenvalue weighted by atomic mass is 10.00. The minimum atomic E-state index is -4.84. The van der Waals surface area contributed by atoms with Gasteiger partial charge in [-0.25, -0.2) is 8.42 Å². The number of alkyl halides is 3. The fourth-order valence-electron chi connectivity index (χ4n) is 3.22. The minimum Gasteiger partial charge on any atom is -0.420 e. The maximum Gasteiger partial charge on any atom is 0.573 e. The number of aromatic nitrogens is 2. The van der Waals surface area contributed by atoms with Crippen molar-refractivity contribution in [1.82, 2.24) is 14.5 Å². The molecule has 0 amide bonds. The molecule has 1 aliphatic heterocycles. The third-order valence-electron chi connectivity index (χ3n) is 4.60. The largest absolute Gasteiger partial charge is 0.573 e. The van der Waals surface area contributed by atoms with Crippen LogP contribution in [-0.4, -0.2) is 42.4 Å². The molecule has 0 spiro atoms. The summed E-state index contributed by atoms with van der Waals surface area (Å²) in [5, 5.41) is 10.0. The molecule has 1 aliphatic rings. The first-order valence-corrected chi connectivity index (χ1v) is 11.3. The standard InChI is InChI=1S/C18H16F3N3O4S2/c19-18(20,21)28-13-5-7-14(8-6-13)30(25,26)24-9-1-3-12(11-24)16-22-23-17(27-16)15-4-2-10-29-15/h2,4-8,10,12H,1,3,9,11H2. The van der Waals surface area contributed by atoms with Crippen LogP contribution in [0.25, 0.3) is 10.8 Å². The van der Waals surface area contributed by atoms with E-state index in [4.69, 9.17) is 4.42 Å². The average Bonchev–Trinajstić information content (AvgIpc) is 3.39. The van der Waals surface area contributed by atoms with Gasteiger partial charge in [0.05, 0.1) is 15.7 Å². The second-order valence-electron chi connectivity index (χ2n) is 6.64. The monoisotopic (exact) mass is 459 g/mol. The summed E-state index contributed by atoms with van der Waals surface area (Å²) in [7, 11) is -3.89. The molecule has 4 rings (SSSR count). The van der Waals surface area contributed by atoms with Crippen molar-refractivity contribution in [3.05, 3.63) is 47.7 Å². The fourth-order valence-corrected chi connectivity index (χ4v) is 5.39. The van der Waals surface area contributed by atoms with Crippen molar-refractivity contribution in [3.8, 4) is 16.5 Å². The second kappa shape index (κ2) is 8.00. The third-order valence-corrected chi connectivity index (χ3v) is 7.34. The Balaban J connectivity index is 1.49. The van der Waals surface area contributed by atoms with Crippen molar-refractivity contribution >= 4 is 21.4 Å². The highest BCUT2D eigenvalue weighted by Crippen LogP contribution is 2.32. The Kier molecular flexibility index (Phi) is 5.55. The van der Waals surface area contributed by atoms with Gasteiger partial charge in [-0.2, -0.15) is 4.31 Å². The van der Waals surface area contributed by atoms with Crippen LogP contribution >= 0.6 is 11.3 Å². The number of rotatable bonds is 5. The van der Waals surface area contributed by atoms with E-state index in [0.717, 1.165) is 29.1 Å². The molecule has 3 aromatic rings. The Hall–Kier alpha value is -2.44. The topological polar surface area (TPSA) is 85.5 Å². The number of piperidine rings is 1. The lowest BCUT2D eigenvalue weighted by Crippen LogP contribution is -2.39. The summed E-state index contributed by atoms with van der Waals surface area (Å²) in [5.74, 6) is 0.0139. The van der Waals surface area contributed by atoms with Crippen molar-refractivity contribution in [2.45, 2.75) is 30.0 Å². The molecule has 1 fully saturated rings. The number of benzene rings is 1. The predicted molar refractivity (Wildman–Crippen MR) is 101 cm³/mol. The van der Waals surface area contributed by atoms with Crippen LogP contribution in [-0.2, 0) is 10.0 Å². The zero-order chi connectivity index (χ0) is 21.4. The summed E-state index contributed by atoms with van der Waals surface area (Å²) < 4.78 is 73.6. The highest BCUT2D eigenvalue weighted by atomic mass is 32.2. The van der Waals surface area contributed by atoms with E-state index in [0.29, 0.717) is 31.2 Å². The molecular formula is C18H16F3N3O4S2. The van der Waals surface area contributed by atoms with Crippen LogP contribution in [0.15, 0.2) is 51.1 Å². The summed E-state index contributed by atoms with van der Waals surface area (Å²) in [6.07, 6.45) is -3.56. The lowest BCUT2D eigenvalue weighted by molar-refractivity contribution is -0.274. The van der Waals surface area contributed by atoms with Crippen LogP contribution < -0.4 is 4.74 Å². The van der Waals surface area contributed by atoms with Gasteiger partial charge in [-0.05, 0) is 48.6 Å². The van der Waals surface area contributed by atoms with E-state index < -0.39 is 22.1 Å². The number of thiophene rings is 1. The normalized spacial score (nSPS) is 18.4. The van der Waals surface area contributed by atoms with Gasteiger partial charge in [0.15, 0.2) is 0 Å². The summed E-state index contributed by atoms with van der Waals surface area (Å²) in [6.45, 7) is 0.445. The molecule has 12 heteroatoms. The molecule has 7 nitrogen and oxygen atoms in total. The molecule has 0 aliphatic carbocycles. The van der Waals surface area contributed by atoms with Crippen molar-refractivity contribution in [2.75, 3.05) is 13.1 Å². The van der Waals surface area contributed by atoms with Gasteiger partial charge in [-0.3, -0.25) is 0 Å². The Morgan fingerprint density at radius 3 is 2.60 bits per heavy atom. The van der Waals surface area contributed by atoms with Crippen LogP contribution in [0.3, 0.4) is 0 Å². The molecule has 30 heavy (non-hydrogen) atoms. The van der Waals surface area contributed by atoms with Gasteiger partial charge in [-0.15, -0.1) is 34.7 Å². The molecule has 2 aromatic heterocycles. The molecule has 0 radical (unpaired) electrons. The molecule has 0 N–H and O–H groups in total. The highest BCUT2D eigenvalue weighted by molar-refractivity contribution is 7.89. The first-order chi connectivity index (χ1) is 14.2. The van der Waals surface area contributed by atoms with E-state index in [1.165, 1.54) is 15.6 Å². The number of nitrogens with zero attached hydrogens (tertiary/aromatic N) is 3. The van der Waals surface area contributed by atoms with Crippen LogP contribution in [0.4, 0.5) is 13.2 Å². The van der Waals surface area contributed by atoms with E-state index in [1.54, 1.807) is 0 Å². The van der Waals surface area contributed by atoms with Crippen LogP contribution in [0, 0.1) is 0 Å². The quantitative estimate of drug-likeness (QED) is 0.567. The van der Waals surface area contributed by atoms with Gasteiger partial charge in [0, 0.05) is 13.1 Å². The van der Waals surface area contributed by atoms with Gasteiger partial charge in [0.1, 0.15) is 5.75 Å². The third kappa shape index (κ3) is 4.50. The van der Waals surface area contributed by atoms with Gasteiger partial charge < -0.3 is 9.15 Å². The maximum absolute atomic E-state index is 13.0. The van der Waals surface area contributed by atoms with Gasteiger partial charge in [-0.1, -0.05) is 6.07 Å². The number of sulfonamides is 1. The number of hydrogen-bond acceptors (Lipinski definition) is 7. The van der Waals surface area contributed by atoms with Crippen molar-refractivity contribution in [3.63, 3.8) is 0 Å². The van der Waals surface area contributed by atoms with Crippen molar-refractivity contribution < 1.29 is 30.7 Å². The molecule has 0 bridgehead atoms. The molecule has 1 saturated heterocycles. The van der Waals surface area contributed by atoms with Crippen LogP contribution in [0.5, 0.6) is 5.75 Å². The predicted octanol–water partition coefficient (Wildman–Crippen LogP) is 4.27. The zero-order valence-corrected chi connectivity index (χ0v) is 17.0. The molecule has 0 saturated carbocycles. The molecule has 1 atom stereocenters. The van der Waals surface area contributed by atoms with Gasteiger partial charge in [0.25, 0.3) is 5.89 Å². The Labute approximate surface area is 174 Å². The Bertz CT molecular complexity index is 1100. The highest BCUT2D eigenvalue weighted by Gasteiger charge is 2.34. The second-order valence-corrected chi connectivity index (χ2v) is 9.53. The van der Waals surface area contributed by atoms with Gasteiger partial charge in [0.2, 0.25) is 15.9 Å². The minimum absolute atomic E-state index is 0.109. The van der Waals surface area contributed by atoms with E-state index in [2.05, 4.69) is 14.9 Å². The van der Waals surface area contributed by atoms with E-state index >= 15 is 0 Å². The lowest BCUT2D eigenvalue weighted by Gasteiger charge is -2.30. The Morgan fingerprint density at radius 1 is 1.17 bits per heavy atom. The van der Waals surface area contributed by atoms with E-state index in [1.807, 2.05) is 17.5 Å². The zero-order valence-electron chi connectivity index (χ0n) is 15.4. The molecule has 1 unspecified atom stereocenters. The summed E-state index contributed by atoms with van der Waals surface area (Å²) in [5.41, 5.74) is 0. The number of ether oxygens (including phenoxy) is 1. The molecule has 3 heterocycles. The fraction of sp³-hybridized carbons (Fsp3) is 0.333. The maximum atomic E-state index is 13.0. The summed E-state index contributed by atoms with van der Waals surface area (Å²) >= 11 is 1.46. The van der Waals surface area contributed by atoms with Crippen molar-refractivity contribution in [2.24, 2.45) is 0 Å². The molecular weight excluding hydrogens is 443 g/mol. The number of halogens is 3. The molecule has 1 aromatic carbocycles. The summed E-state index contributed by atoms with van der Waals surface area (Å²) in [6, 6.07) is 7.87. The molecule has 160 valence electrons. The van der Waals surface area contributed by atoms with Crippen LogP contribution in [0.2, 0.25) is 0 Å². The smallest absolute Gasteiger partial charge is 0.420 e. The van der Waals surface area contributed by atoms with Crippen molar-refractivity contribution in [1.29, 1.82) is 0 Å². The summed E-state index contributed by atoms with van der Waals surface area (Å²) in [4.78, 5) is 0.720. The van der Waals surface area contributed by atoms with Crippen LogP contribution in [0.1, 0.15) is 24.7 Å². The SMILES string of the molecule is O=S(=O)(c1ccc(OC(F)(F)F)cc1)N1CCCC(c2nnc(-c3cccs3)o2)C1. The first kappa shape index (κ1) is 20.8. The van der Waals surface area contributed by atoms with Gasteiger partial charge >= 0.3 is 6.36 Å². The Morgan fingerprint density at radius 2 is 1.93 bits per heavy atom. The number of hydrogen-bond donors (Lipinski definition) is 0.